The topological polar surface area (TPSA) is 56.0 Å². The molecule has 2 heterocycles. The van der Waals surface area contributed by atoms with Gasteiger partial charge in [-0.3, -0.25) is 15.1 Å². The zero-order valence-corrected chi connectivity index (χ0v) is 13.2. The fraction of sp³-hybridized carbons (Fsp3) is 0.267. The highest BCUT2D eigenvalue weighted by molar-refractivity contribution is 7.26. The van der Waals surface area contributed by atoms with E-state index in [1.165, 1.54) is 0 Å². The van der Waals surface area contributed by atoms with Crippen molar-refractivity contribution < 1.29 is 4.92 Å². The van der Waals surface area contributed by atoms with Gasteiger partial charge in [0.15, 0.2) is 0 Å². The number of pyridine rings is 1. The maximum absolute atomic E-state index is 11.4. The van der Waals surface area contributed by atoms with Crippen LogP contribution in [0.1, 0.15) is 24.7 Å². The van der Waals surface area contributed by atoms with Gasteiger partial charge in [0.1, 0.15) is 5.02 Å². The minimum Gasteiger partial charge on any atom is -0.258 e. The van der Waals surface area contributed by atoms with Gasteiger partial charge in [0.25, 0.3) is 5.69 Å². The van der Waals surface area contributed by atoms with Crippen LogP contribution in [0.2, 0.25) is 5.02 Å². The highest BCUT2D eigenvalue weighted by Gasteiger charge is 2.22. The summed E-state index contributed by atoms with van der Waals surface area (Å²) in [5.74, 6) is 0. The van der Waals surface area contributed by atoms with Crippen LogP contribution in [0.3, 0.4) is 0 Å². The number of halogens is 1. The highest BCUT2D eigenvalue weighted by atomic mass is 35.5. The van der Waals surface area contributed by atoms with Gasteiger partial charge in [-0.1, -0.05) is 24.9 Å². The van der Waals surface area contributed by atoms with E-state index in [1.807, 2.05) is 19.1 Å². The molecule has 0 aliphatic rings. The van der Waals surface area contributed by atoms with Crippen LogP contribution in [-0.2, 0) is 6.42 Å². The van der Waals surface area contributed by atoms with Gasteiger partial charge in [0.05, 0.1) is 20.7 Å². The molecule has 0 saturated heterocycles. The van der Waals surface area contributed by atoms with Crippen molar-refractivity contribution in [2.24, 2.45) is 0 Å². The van der Waals surface area contributed by atoms with E-state index in [1.54, 1.807) is 17.4 Å². The maximum Gasteiger partial charge on any atom is 0.297 e. The monoisotopic (exact) mass is 320 g/mol. The summed E-state index contributed by atoms with van der Waals surface area (Å²) < 4.78 is 1.91. The first-order valence-electron chi connectivity index (χ1n) is 6.68. The Morgan fingerprint density at radius 1 is 1.43 bits per heavy atom. The number of aromatic nitrogens is 1. The number of hydrogen-bond acceptors (Lipinski definition) is 4. The molecule has 0 radical (unpaired) electrons. The molecule has 0 N–H and O–H groups in total. The van der Waals surface area contributed by atoms with Gasteiger partial charge in [-0.15, -0.1) is 11.3 Å². The van der Waals surface area contributed by atoms with Gasteiger partial charge in [-0.2, -0.15) is 0 Å². The molecule has 0 saturated carbocycles. The van der Waals surface area contributed by atoms with Crippen molar-refractivity contribution in [2.75, 3.05) is 0 Å². The van der Waals surface area contributed by atoms with Crippen molar-refractivity contribution in [3.63, 3.8) is 0 Å². The second-order valence-corrected chi connectivity index (χ2v) is 6.42. The first-order chi connectivity index (χ1) is 10.0. The molecular formula is C15H13ClN2O2S. The summed E-state index contributed by atoms with van der Waals surface area (Å²) in [4.78, 5) is 15.6. The number of rotatable bonds is 3. The molecule has 0 amide bonds. The number of benzene rings is 1. The van der Waals surface area contributed by atoms with Gasteiger partial charge in [0.2, 0.25) is 0 Å². The largest absolute Gasteiger partial charge is 0.297 e. The number of nitro benzene ring substituents is 1. The predicted molar refractivity (Wildman–Crippen MR) is 87.5 cm³/mol. The van der Waals surface area contributed by atoms with Crippen molar-refractivity contribution in [3.05, 3.63) is 44.7 Å². The third kappa shape index (κ3) is 2.26. The maximum atomic E-state index is 11.4. The van der Waals surface area contributed by atoms with Crippen molar-refractivity contribution in [1.82, 2.24) is 4.98 Å². The standard InChI is InChI=1S/C15H13ClN2O2S/c1-3-4-11-15-9(7-8(2)17-11)13-12(21-15)6-5-10(16)14(13)18(19)20/h5-7H,3-4H2,1-2H3. The lowest BCUT2D eigenvalue weighted by Gasteiger charge is -2.03. The average Bonchev–Trinajstić information content (AvgIpc) is 2.77. The van der Waals surface area contributed by atoms with Crippen molar-refractivity contribution in [3.8, 4) is 0 Å². The number of thiophene rings is 1. The van der Waals surface area contributed by atoms with Gasteiger partial charge in [-0.05, 0) is 31.5 Å². The summed E-state index contributed by atoms with van der Waals surface area (Å²) in [6.45, 7) is 4.01. The quantitative estimate of drug-likeness (QED) is 0.488. The van der Waals surface area contributed by atoms with Crippen molar-refractivity contribution >= 4 is 48.8 Å². The molecule has 4 nitrogen and oxygen atoms in total. The van der Waals surface area contributed by atoms with Gasteiger partial charge < -0.3 is 0 Å². The van der Waals surface area contributed by atoms with E-state index in [4.69, 9.17) is 11.6 Å². The van der Waals surface area contributed by atoms with E-state index in [-0.39, 0.29) is 10.7 Å². The van der Waals surface area contributed by atoms with Crippen LogP contribution in [-0.4, -0.2) is 9.91 Å². The van der Waals surface area contributed by atoms with E-state index >= 15 is 0 Å². The summed E-state index contributed by atoms with van der Waals surface area (Å²) in [6.07, 6.45) is 1.86. The number of aryl methyl sites for hydroxylation is 2. The van der Waals surface area contributed by atoms with E-state index in [2.05, 4.69) is 11.9 Å². The van der Waals surface area contributed by atoms with Gasteiger partial charge in [-0.25, -0.2) is 0 Å². The molecule has 0 atom stereocenters. The zero-order chi connectivity index (χ0) is 15.1. The van der Waals surface area contributed by atoms with Gasteiger partial charge in [0, 0.05) is 15.8 Å². The number of hydrogen-bond donors (Lipinski definition) is 0. The molecule has 0 aliphatic carbocycles. The minimum atomic E-state index is -0.397. The first kappa shape index (κ1) is 14.2. The zero-order valence-electron chi connectivity index (χ0n) is 11.6. The molecule has 0 spiro atoms. The smallest absolute Gasteiger partial charge is 0.258 e. The molecule has 2 aromatic heterocycles. The third-order valence-electron chi connectivity index (χ3n) is 3.41. The van der Waals surface area contributed by atoms with Crippen LogP contribution in [0.4, 0.5) is 5.69 Å². The summed E-state index contributed by atoms with van der Waals surface area (Å²) in [5, 5.41) is 13.1. The molecule has 0 fully saturated rings. The highest BCUT2D eigenvalue weighted by Crippen LogP contribution is 2.43. The number of fused-ring (bicyclic) bond motifs is 3. The molecular weight excluding hydrogens is 308 g/mol. The Morgan fingerprint density at radius 2 is 2.19 bits per heavy atom. The molecule has 0 bridgehead atoms. The molecule has 0 unspecified atom stereocenters. The van der Waals surface area contributed by atoms with E-state index in [0.717, 1.165) is 39.0 Å². The molecule has 0 aliphatic heterocycles. The Kier molecular flexibility index (Phi) is 3.55. The molecule has 3 aromatic rings. The second-order valence-electron chi connectivity index (χ2n) is 4.97. The van der Waals surface area contributed by atoms with Crippen LogP contribution in [0, 0.1) is 17.0 Å². The Morgan fingerprint density at radius 3 is 2.86 bits per heavy atom. The summed E-state index contributed by atoms with van der Waals surface area (Å²) in [5.41, 5.74) is 1.88. The lowest BCUT2D eigenvalue weighted by atomic mass is 10.1. The Bertz CT molecular complexity index is 873. The Balaban J connectivity index is 2.50. The normalized spacial score (nSPS) is 11.4. The lowest BCUT2D eigenvalue weighted by molar-refractivity contribution is -0.382. The average molecular weight is 321 g/mol. The minimum absolute atomic E-state index is 0.00605. The summed E-state index contributed by atoms with van der Waals surface area (Å²) in [7, 11) is 0. The molecule has 108 valence electrons. The molecule has 3 rings (SSSR count). The van der Waals surface area contributed by atoms with Crippen molar-refractivity contribution in [2.45, 2.75) is 26.7 Å². The Hall–Kier alpha value is -1.72. The second kappa shape index (κ2) is 5.24. The SMILES string of the molecule is CCCc1nc(C)cc2c1sc1ccc(Cl)c([N+](=O)[O-])c12. The van der Waals surface area contributed by atoms with E-state index in [9.17, 15) is 10.1 Å². The molecule has 21 heavy (non-hydrogen) atoms. The summed E-state index contributed by atoms with van der Waals surface area (Å²) in [6, 6.07) is 5.36. The van der Waals surface area contributed by atoms with Crippen LogP contribution < -0.4 is 0 Å². The predicted octanol–water partition coefficient (Wildman–Crippen LogP) is 5.27. The Labute approximate surface area is 130 Å². The van der Waals surface area contributed by atoms with Crippen LogP contribution in [0.5, 0.6) is 0 Å². The number of nitrogens with zero attached hydrogens (tertiary/aromatic N) is 2. The van der Waals surface area contributed by atoms with Crippen LogP contribution in [0.25, 0.3) is 20.2 Å². The number of nitro groups is 1. The summed E-state index contributed by atoms with van der Waals surface area (Å²) >= 11 is 7.60. The van der Waals surface area contributed by atoms with Gasteiger partial charge >= 0.3 is 0 Å². The first-order valence-corrected chi connectivity index (χ1v) is 7.88. The third-order valence-corrected chi connectivity index (χ3v) is 4.94. The lowest BCUT2D eigenvalue weighted by Crippen LogP contribution is -1.93. The van der Waals surface area contributed by atoms with E-state index in [0.29, 0.717) is 5.39 Å². The van der Waals surface area contributed by atoms with Crippen molar-refractivity contribution in [1.29, 1.82) is 0 Å². The fourth-order valence-corrected chi connectivity index (χ4v) is 4.04. The van der Waals surface area contributed by atoms with E-state index < -0.39 is 4.92 Å². The molecule has 6 heteroatoms. The van der Waals surface area contributed by atoms with Crippen LogP contribution in [0.15, 0.2) is 18.2 Å². The molecule has 1 aromatic carbocycles. The van der Waals surface area contributed by atoms with Crippen LogP contribution >= 0.6 is 22.9 Å². The fourth-order valence-electron chi connectivity index (χ4n) is 2.61.